The fourth-order valence-electron chi connectivity index (χ4n) is 2.08. The normalized spacial score (nSPS) is 29.2. The molecule has 1 aliphatic carbocycles. The number of aliphatic carboxylic acids is 1. The predicted octanol–water partition coefficient (Wildman–Crippen LogP) is -0.280. The molecular formula is C10H16N2O4. The maximum atomic E-state index is 12.0. The molecule has 6 nitrogen and oxygen atoms in total. The van der Waals surface area contributed by atoms with Crippen LogP contribution in [0.25, 0.3) is 0 Å². The number of nitrogens with zero attached hydrogens (tertiary/aromatic N) is 2. The van der Waals surface area contributed by atoms with Crippen LogP contribution in [0.5, 0.6) is 0 Å². The van der Waals surface area contributed by atoms with Crippen LogP contribution in [-0.2, 0) is 4.79 Å². The molecule has 1 aliphatic heterocycles. The first-order valence-corrected chi connectivity index (χ1v) is 5.45. The molecule has 1 unspecified atom stereocenters. The van der Waals surface area contributed by atoms with Gasteiger partial charge >= 0.3 is 12.0 Å². The zero-order valence-corrected chi connectivity index (χ0v) is 9.17. The molecule has 0 aromatic rings. The summed E-state index contributed by atoms with van der Waals surface area (Å²) in [5.74, 6) is -1.05. The number of likely N-dealkylation sites (tertiary alicyclic amines) is 1. The Bertz CT molecular complexity index is 316. The summed E-state index contributed by atoms with van der Waals surface area (Å²) in [5, 5.41) is 18.4. The maximum absolute atomic E-state index is 12.0. The van der Waals surface area contributed by atoms with E-state index in [2.05, 4.69) is 0 Å². The van der Waals surface area contributed by atoms with Crippen LogP contribution in [0.1, 0.15) is 19.3 Å². The summed E-state index contributed by atoms with van der Waals surface area (Å²) in [7, 11) is 1.68. The first-order valence-electron chi connectivity index (χ1n) is 5.45. The smallest absolute Gasteiger partial charge is 0.326 e. The van der Waals surface area contributed by atoms with Crippen LogP contribution in [0.4, 0.5) is 4.79 Å². The van der Waals surface area contributed by atoms with Crippen molar-refractivity contribution in [3.8, 4) is 0 Å². The van der Waals surface area contributed by atoms with Crippen LogP contribution in [0.2, 0.25) is 0 Å². The number of hydrogen-bond donors (Lipinski definition) is 2. The molecule has 1 heterocycles. The van der Waals surface area contributed by atoms with Gasteiger partial charge in [-0.25, -0.2) is 9.59 Å². The molecular weight excluding hydrogens is 212 g/mol. The lowest BCUT2D eigenvalue weighted by Gasteiger charge is -2.27. The molecule has 0 spiro atoms. The monoisotopic (exact) mass is 228 g/mol. The highest BCUT2D eigenvalue weighted by molar-refractivity contribution is 5.83. The van der Waals surface area contributed by atoms with Gasteiger partial charge in [-0.2, -0.15) is 0 Å². The van der Waals surface area contributed by atoms with E-state index in [1.165, 1.54) is 4.90 Å². The minimum Gasteiger partial charge on any atom is -0.480 e. The van der Waals surface area contributed by atoms with Crippen LogP contribution in [0.15, 0.2) is 0 Å². The summed E-state index contributed by atoms with van der Waals surface area (Å²) in [6.07, 6.45) is 1.37. The van der Waals surface area contributed by atoms with Crippen molar-refractivity contribution in [2.45, 2.75) is 37.5 Å². The molecule has 1 saturated heterocycles. The van der Waals surface area contributed by atoms with E-state index in [4.69, 9.17) is 5.11 Å². The molecule has 6 heteroatoms. The number of β-amino-alcohol motifs (C(OH)–C–C–N with tert-alkyl or cyclic N) is 1. The van der Waals surface area contributed by atoms with Crippen molar-refractivity contribution in [3.05, 3.63) is 0 Å². The van der Waals surface area contributed by atoms with Gasteiger partial charge in [0.15, 0.2) is 0 Å². The zero-order valence-electron chi connectivity index (χ0n) is 9.17. The number of urea groups is 1. The third kappa shape index (κ3) is 1.97. The summed E-state index contributed by atoms with van der Waals surface area (Å²) in [4.78, 5) is 25.7. The number of carbonyl (C=O) groups excluding carboxylic acids is 1. The number of carboxylic acids is 1. The second-order valence-corrected chi connectivity index (χ2v) is 4.52. The Kier molecular flexibility index (Phi) is 2.75. The van der Waals surface area contributed by atoms with Crippen molar-refractivity contribution in [1.29, 1.82) is 0 Å². The molecule has 1 saturated carbocycles. The Balaban J connectivity index is 2.06. The summed E-state index contributed by atoms with van der Waals surface area (Å²) in [6, 6.07) is -0.921. The fourth-order valence-corrected chi connectivity index (χ4v) is 2.08. The molecule has 0 radical (unpaired) electrons. The van der Waals surface area contributed by atoms with E-state index in [1.54, 1.807) is 11.9 Å². The Morgan fingerprint density at radius 3 is 2.50 bits per heavy atom. The Labute approximate surface area is 93.4 Å². The van der Waals surface area contributed by atoms with Crippen LogP contribution in [0, 0.1) is 0 Å². The van der Waals surface area contributed by atoms with Gasteiger partial charge in [0.1, 0.15) is 6.04 Å². The lowest BCUT2D eigenvalue weighted by molar-refractivity contribution is -0.141. The summed E-state index contributed by atoms with van der Waals surface area (Å²) >= 11 is 0. The first-order chi connectivity index (χ1) is 7.50. The van der Waals surface area contributed by atoms with Gasteiger partial charge in [-0.3, -0.25) is 0 Å². The van der Waals surface area contributed by atoms with Crippen LogP contribution < -0.4 is 0 Å². The Morgan fingerprint density at radius 1 is 1.38 bits per heavy atom. The van der Waals surface area contributed by atoms with Gasteiger partial charge in [0, 0.05) is 26.1 Å². The molecule has 2 rings (SSSR count). The van der Waals surface area contributed by atoms with Crippen molar-refractivity contribution in [1.82, 2.24) is 9.80 Å². The van der Waals surface area contributed by atoms with E-state index in [1.807, 2.05) is 0 Å². The summed E-state index contributed by atoms with van der Waals surface area (Å²) in [5.41, 5.74) is 0. The molecule has 2 aliphatic rings. The lowest BCUT2D eigenvalue weighted by Crippen LogP contribution is -2.47. The fraction of sp³-hybridized carbons (Fsp3) is 0.800. The number of rotatable bonds is 2. The number of aliphatic hydroxyl groups excluding tert-OH is 1. The molecule has 90 valence electrons. The second-order valence-electron chi connectivity index (χ2n) is 4.52. The number of hydrogen-bond acceptors (Lipinski definition) is 3. The second kappa shape index (κ2) is 3.93. The van der Waals surface area contributed by atoms with Gasteiger partial charge < -0.3 is 20.0 Å². The number of amides is 2. The van der Waals surface area contributed by atoms with E-state index < -0.39 is 18.1 Å². The van der Waals surface area contributed by atoms with Crippen molar-refractivity contribution in [2.75, 3.05) is 13.6 Å². The van der Waals surface area contributed by atoms with Gasteiger partial charge in [0.05, 0.1) is 6.10 Å². The SMILES string of the molecule is CN(C(=O)N1CC(O)C[C@H]1C(=O)O)C1CC1. The first kappa shape index (κ1) is 11.2. The third-order valence-corrected chi connectivity index (χ3v) is 3.21. The van der Waals surface area contributed by atoms with Crippen LogP contribution in [0.3, 0.4) is 0 Å². The Morgan fingerprint density at radius 2 is 2.00 bits per heavy atom. The molecule has 2 fully saturated rings. The highest BCUT2D eigenvalue weighted by atomic mass is 16.4. The number of carbonyl (C=O) groups is 2. The lowest BCUT2D eigenvalue weighted by atomic mass is 10.2. The highest BCUT2D eigenvalue weighted by Crippen LogP contribution is 2.28. The van der Waals surface area contributed by atoms with Crippen molar-refractivity contribution in [3.63, 3.8) is 0 Å². The standard InChI is InChI=1S/C10H16N2O4/c1-11(6-2-3-6)10(16)12-5-7(13)4-8(12)9(14)15/h6-8,13H,2-5H2,1H3,(H,14,15)/t7?,8-/m0/s1. The van der Waals surface area contributed by atoms with Gasteiger partial charge in [0.2, 0.25) is 0 Å². The topological polar surface area (TPSA) is 81.1 Å². The largest absolute Gasteiger partial charge is 0.480 e. The zero-order chi connectivity index (χ0) is 11.9. The van der Waals surface area contributed by atoms with E-state index >= 15 is 0 Å². The van der Waals surface area contributed by atoms with E-state index in [0.29, 0.717) is 0 Å². The minimum atomic E-state index is -1.05. The Hall–Kier alpha value is -1.30. The minimum absolute atomic E-state index is 0.118. The molecule has 0 aromatic carbocycles. The van der Waals surface area contributed by atoms with Crippen LogP contribution in [-0.4, -0.2) is 63.8 Å². The summed E-state index contributed by atoms with van der Waals surface area (Å²) < 4.78 is 0. The van der Waals surface area contributed by atoms with Crippen LogP contribution >= 0.6 is 0 Å². The quantitative estimate of drug-likeness (QED) is 0.681. The molecule has 0 aromatic heterocycles. The molecule has 0 bridgehead atoms. The van der Waals surface area contributed by atoms with E-state index in [0.717, 1.165) is 12.8 Å². The van der Waals surface area contributed by atoms with Crippen molar-refractivity contribution in [2.24, 2.45) is 0 Å². The molecule has 2 amide bonds. The van der Waals surface area contributed by atoms with Gasteiger partial charge in [-0.05, 0) is 12.8 Å². The predicted molar refractivity (Wildman–Crippen MR) is 54.9 cm³/mol. The molecule has 2 N–H and O–H groups in total. The number of aliphatic hydroxyl groups is 1. The average molecular weight is 228 g/mol. The third-order valence-electron chi connectivity index (χ3n) is 3.21. The molecule has 16 heavy (non-hydrogen) atoms. The van der Waals surface area contributed by atoms with Gasteiger partial charge in [-0.15, -0.1) is 0 Å². The van der Waals surface area contributed by atoms with E-state index in [9.17, 15) is 14.7 Å². The van der Waals surface area contributed by atoms with Crippen molar-refractivity contribution < 1.29 is 19.8 Å². The van der Waals surface area contributed by atoms with Crippen molar-refractivity contribution >= 4 is 12.0 Å². The molecule has 2 atom stereocenters. The van der Waals surface area contributed by atoms with Gasteiger partial charge in [-0.1, -0.05) is 0 Å². The highest BCUT2D eigenvalue weighted by Gasteiger charge is 2.42. The number of carboxylic acid groups (broad SMARTS) is 1. The van der Waals surface area contributed by atoms with E-state index in [-0.39, 0.29) is 25.0 Å². The summed E-state index contributed by atoms with van der Waals surface area (Å²) in [6.45, 7) is 0.118. The maximum Gasteiger partial charge on any atom is 0.326 e. The average Bonchev–Trinajstić information content (AvgIpc) is 2.99. The van der Waals surface area contributed by atoms with Gasteiger partial charge in [0.25, 0.3) is 0 Å².